The second kappa shape index (κ2) is 5.38. The number of carbonyl (C=O) groups excluding carboxylic acids is 2. The lowest BCUT2D eigenvalue weighted by Crippen LogP contribution is -2.65. The van der Waals surface area contributed by atoms with Crippen molar-refractivity contribution in [3.8, 4) is 0 Å². The summed E-state index contributed by atoms with van der Waals surface area (Å²) in [5.41, 5.74) is 0. The summed E-state index contributed by atoms with van der Waals surface area (Å²) in [4.78, 5) is 27.1. The van der Waals surface area contributed by atoms with Crippen LogP contribution in [0.4, 0.5) is 0 Å². The summed E-state index contributed by atoms with van der Waals surface area (Å²) in [6.45, 7) is 5.01. The zero-order valence-electron chi connectivity index (χ0n) is 12.6. The van der Waals surface area contributed by atoms with E-state index in [0.717, 1.165) is 25.8 Å². The molecule has 0 bridgehead atoms. The number of carbonyl (C=O) groups is 2. The van der Waals surface area contributed by atoms with Gasteiger partial charge in [-0.2, -0.15) is 0 Å². The van der Waals surface area contributed by atoms with E-state index < -0.39 is 0 Å². The fourth-order valence-electron chi connectivity index (χ4n) is 3.47. The number of hydrogen-bond donors (Lipinski definition) is 1. The summed E-state index contributed by atoms with van der Waals surface area (Å²) in [5, 5.41) is 2.98. The second-order valence-corrected chi connectivity index (χ2v) is 7.26. The van der Waals surface area contributed by atoms with Gasteiger partial charge in [0.05, 0.1) is 0 Å². The number of rotatable bonds is 5. The summed E-state index contributed by atoms with van der Waals surface area (Å²) in [5.74, 6) is 1.73. The van der Waals surface area contributed by atoms with E-state index in [0.29, 0.717) is 17.8 Å². The zero-order chi connectivity index (χ0) is 14.3. The molecule has 4 nitrogen and oxygen atoms in total. The summed E-state index contributed by atoms with van der Waals surface area (Å²) in [7, 11) is 0. The highest BCUT2D eigenvalue weighted by Crippen LogP contribution is 2.39. The molecule has 0 radical (unpaired) electrons. The number of piperazine rings is 1. The minimum absolute atomic E-state index is 0.0945. The van der Waals surface area contributed by atoms with Crippen molar-refractivity contribution in [3.63, 3.8) is 0 Å². The molecule has 2 unspecified atom stereocenters. The summed E-state index contributed by atoms with van der Waals surface area (Å²) in [6, 6.07) is -0.468. The maximum absolute atomic E-state index is 12.7. The van der Waals surface area contributed by atoms with Gasteiger partial charge >= 0.3 is 0 Å². The smallest absolute Gasteiger partial charge is 0.245 e. The maximum Gasteiger partial charge on any atom is 0.245 e. The molecule has 2 saturated carbocycles. The van der Waals surface area contributed by atoms with Gasteiger partial charge in [0.25, 0.3) is 0 Å². The summed E-state index contributed by atoms with van der Waals surface area (Å²) in [6.07, 6.45) is 6.67. The Hall–Kier alpha value is -1.06. The highest BCUT2D eigenvalue weighted by molar-refractivity contribution is 5.97. The van der Waals surface area contributed by atoms with Gasteiger partial charge in [-0.25, -0.2) is 0 Å². The molecule has 3 aliphatic rings. The van der Waals surface area contributed by atoms with Gasteiger partial charge < -0.3 is 10.2 Å². The minimum Gasteiger partial charge on any atom is -0.342 e. The molecule has 4 heteroatoms. The maximum atomic E-state index is 12.7. The van der Waals surface area contributed by atoms with Crippen molar-refractivity contribution in [2.24, 2.45) is 17.8 Å². The first-order chi connectivity index (χ1) is 9.56. The molecule has 2 aliphatic carbocycles. The van der Waals surface area contributed by atoms with Gasteiger partial charge in [-0.3, -0.25) is 9.59 Å². The average Bonchev–Trinajstić information content (AvgIpc) is 3.12. The Labute approximate surface area is 121 Å². The number of nitrogens with zero attached hydrogens (tertiary/aromatic N) is 1. The van der Waals surface area contributed by atoms with E-state index in [1.54, 1.807) is 0 Å². The van der Waals surface area contributed by atoms with Crippen molar-refractivity contribution >= 4 is 11.8 Å². The van der Waals surface area contributed by atoms with Gasteiger partial charge in [0.15, 0.2) is 0 Å². The van der Waals surface area contributed by atoms with Crippen molar-refractivity contribution in [1.82, 2.24) is 10.2 Å². The quantitative estimate of drug-likeness (QED) is 0.835. The Balaban J connectivity index is 1.74. The molecule has 0 aromatic heterocycles. The van der Waals surface area contributed by atoms with E-state index in [1.165, 1.54) is 19.3 Å². The van der Waals surface area contributed by atoms with Crippen LogP contribution in [-0.2, 0) is 9.59 Å². The van der Waals surface area contributed by atoms with Crippen LogP contribution in [0.15, 0.2) is 0 Å². The SMILES string of the molecule is CC(C)CC1NC(=O)C(C2CC2)N(CC2CCC2)C1=O. The van der Waals surface area contributed by atoms with Crippen LogP contribution >= 0.6 is 0 Å². The fraction of sp³-hybridized carbons (Fsp3) is 0.875. The third kappa shape index (κ3) is 2.70. The molecule has 2 amide bonds. The molecule has 3 fully saturated rings. The standard InChI is InChI=1S/C16H26N2O2/c1-10(2)8-13-16(20)18(9-11-4-3-5-11)14(12-6-7-12)15(19)17-13/h10-14H,3-9H2,1-2H3,(H,17,19). The largest absolute Gasteiger partial charge is 0.342 e. The topological polar surface area (TPSA) is 49.4 Å². The zero-order valence-corrected chi connectivity index (χ0v) is 12.6. The molecule has 112 valence electrons. The Bertz CT molecular complexity index is 399. The lowest BCUT2D eigenvalue weighted by atomic mass is 9.84. The Morgan fingerprint density at radius 2 is 1.90 bits per heavy atom. The molecule has 0 aromatic carbocycles. The van der Waals surface area contributed by atoms with Crippen molar-refractivity contribution in [3.05, 3.63) is 0 Å². The van der Waals surface area contributed by atoms with E-state index >= 15 is 0 Å². The molecule has 1 saturated heterocycles. The van der Waals surface area contributed by atoms with Gasteiger partial charge in [-0.15, -0.1) is 0 Å². The number of hydrogen-bond acceptors (Lipinski definition) is 2. The van der Waals surface area contributed by atoms with Gasteiger partial charge in [0, 0.05) is 6.54 Å². The van der Waals surface area contributed by atoms with Crippen molar-refractivity contribution in [2.75, 3.05) is 6.54 Å². The average molecular weight is 278 g/mol. The van der Waals surface area contributed by atoms with Crippen LogP contribution < -0.4 is 5.32 Å². The van der Waals surface area contributed by atoms with E-state index in [4.69, 9.17) is 0 Å². The third-order valence-electron chi connectivity index (χ3n) is 4.96. The molecule has 0 spiro atoms. The molecule has 3 rings (SSSR count). The first-order valence-electron chi connectivity index (χ1n) is 8.17. The molecule has 1 N–H and O–H groups in total. The van der Waals surface area contributed by atoms with Crippen LogP contribution in [0.3, 0.4) is 0 Å². The van der Waals surface area contributed by atoms with E-state index in [9.17, 15) is 9.59 Å². The van der Waals surface area contributed by atoms with Crippen LogP contribution in [0.1, 0.15) is 52.4 Å². The highest BCUT2D eigenvalue weighted by Gasteiger charge is 2.48. The molecule has 0 aromatic rings. The number of amides is 2. The summed E-state index contributed by atoms with van der Waals surface area (Å²) < 4.78 is 0. The van der Waals surface area contributed by atoms with Crippen molar-refractivity contribution in [1.29, 1.82) is 0 Å². The van der Waals surface area contributed by atoms with Crippen LogP contribution in [0.2, 0.25) is 0 Å². The molecule has 2 atom stereocenters. The minimum atomic E-state index is -0.294. The second-order valence-electron chi connectivity index (χ2n) is 7.26. The van der Waals surface area contributed by atoms with Crippen LogP contribution in [-0.4, -0.2) is 35.3 Å². The molecular formula is C16H26N2O2. The van der Waals surface area contributed by atoms with Crippen LogP contribution in [0, 0.1) is 17.8 Å². The van der Waals surface area contributed by atoms with Gasteiger partial charge in [0.1, 0.15) is 12.1 Å². The Kier molecular flexibility index (Phi) is 3.74. The van der Waals surface area contributed by atoms with Crippen LogP contribution in [0.25, 0.3) is 0 Å². The molecule has 1 heterocycles. The first kappa shape index (κ1) is 13.9. The van der Waals surface area contributed by atoms with Gasteiger partial charge in [-0.1, -0.05) is 20.3 Å². The fourth-order valence-corrected chi connectivity index (χ4v) is 3.47. The van der Waals surface area contributed by atoms with E-state index in [2.05, 4.69) is 19.2 Å². The highest BCUT2D eigenvalue weighted by atomic mass is 16.2. The molecular weight excluding hydrogens is 252 g/mol. The lowest BCUT2D eigenvalue weighted by Gasteiger charge is -2.42. The first-order valence-corrected chi connectivity index (χ1v) is 8.17. The predicted octanol–water partition coefficient (Wildman–Crippen LogP) is 1.94. The lowest BCUT2D eigenvalue weighted by molar-refractivity contribution is -0.152. The van der Waals surface area contributed by atoms with Crippen LogP contribution in [0.5, 0.6) is 0 Å². The third-order valence-corrected chi connectivity index (χ3v) is 4.96. The summed E-state index contributed by atoms with van der Waals surface area (Å²) >= 11 is 0. The van der Waals surface area contributed by atoms with Gasteiger partial charge in [-0.05, 0) is 49.9 Å². The van der Waals surface area contributed by atoms with Gasteiger partial charge in [0.2, 0.25) is 11.8 Å². The number of nitrogens with one attached hydrogen (secondary N) is 1. The Morgan fingerprint density at radius 1 is 1.20 bits per heavy atom. The Morgan fingerprint density at radius 3 is 2.40 bits per heavy atom. The normalized spacial score (nSPS) is 31.4. The van der Waals surface area contributed by atoms with E-state index in [-0.39, 0.29) is 23.9 Å². The monoisotopic (exact) mass is 278 g/mol. The van der Waals surface area contributed by atoms with Crippen molar-refractivity contribution < 1.29 is 9.59 Å². The molecule has 1 aliphatic heterocycles. The van der Waals surface area contributed by atoms with Crippen molar-refractivity contribution in [2.45, 2.75) is 64.5 Å². The molecule has 20 heavy (non-hydrogen) atoms. The predicted molar refractivity (Wildman–Crippen MR) is 77.0 cm³/mol. The van der Waals surface area contributed by atoms with E-state index in [1.807, 2.05) is 4.90 Å².